The van der Waals surface area contributed by atoms with E-state index in [-0.39, 0.29) is 0 Å². The van der Waals surface area contributed by atoms with Crippen LogP contribution in [0, 0.1) is 0 Å². The van der Waals surface area contributed by atoms with Gasteiger partial charge in [0.1, 0.15) is 11.4 Å². The highest BCUT2D eigenvalue weighted by Crippen LogP contribution is 2.18. The fraction of sp³-hybridized carbons (Fsp3) is 0.0714. The van der Waals surface area contributed by atoms with E-state index in [0.717, 1.165) is 11.3 Å². The predicted octanol–water partition coefficient (Wildman–Crippen LogP) is 2.00. The van der Waals surface area contributed by atoms with Crippen molar-refractivity contribution in [3.05, 3.63) is 48.7 Å². The standard InChI is InChI=1S/C14H11N5O/c1-20-11-7-5-10(6-8-11)13-16-18-14(19-17-13)12-4-2-3-9-15-12/h2-9H,1H3. The van der Waals surface area contributed by atoms with E-state index in [0.29, 0.717) is 17.3 Å². The molecule has 0 bridgehead atoms. The molecule has 1 aromatic carbocycles. The molecule has 6 nitrogen and oxygen atoms in total. The van der Waals surface area contributed by atoms with Gasteiger partial charge in [0.15, 0.2) is 0 Å². The van der Waals surface area contributed by atoms with Crippen LogP contribution in [0.4, 0.5) is 0 Å². The molecule has 0 radical (unpaired) electrons. The average Bonchev–Trinajstić information content (AvgIpc) is 2.56. The van der Waals surface area contributed by atoms with E-state index in [2.05, 4.69) is 25.4 Å². The number of hydrogen-bond acceptors (Lipinski definition) is 6. The highest BCUT2D eigenvalue weighted by atomic mass is 16.5. The number of aromatic nitrogens is 5. The fourth-order valence-electron chi connectivity index (χ4n) is 1.68. The van der Waals surface area contributed by atoms with Gasteiger partial charge in [-0.05, 0) is 36.4 Å². The van der Waals surface area contributed by atoms with E-state index in [1.165, 1.54) is 0 Å². The van der Waals surface area contributed by atoms with E-state index >= 15 is 0 Å². The van der Waals surface area contributed by atoms with E-state index in [9.17, 15) is 0 Å². The molecule has 2 heterocycles. The molecule has 20 heavy (non-hydrogen) atoms. The molecular formula is C14H11N5O. The van der Waals surface area contributed by atoms with Crippen LogP contribution in [0.5, 0.6) is 5.75 Å². The van der Waals surface area contributed by atoms with Crippen LogP contribution in [0.2, 0.25) is 0 Å². The molecule has 6 heteroatoms. The van der Waals surface area contributed by atoms with Crippen LogP contribution >= 0.6 is 0 Å². The summed E-state index contributed by atoms with van der Waals surface area (Å²) < 4.78 is 5.10. The molecule has 0 N–H and O–H groups in total. The number of rotatable bonds is 3. The van der Waals surface area contributed by atoms with E-state index in [1.807, 2.05) is 42.5 Å². The van der Waals surface area contributed by atoms with Crippen molar-refractivity contribution in [2.75, 3.05) is 7.11 Å². The summed E-state index contributed by atoms with van der Waals surface area (Å²) in [5.41, 5.74) is 1.48. The van der Waals surface area contributed by atoms with Crippen LogP contribution < -0.4 is 4.74 Å². The first-order valence-corrected chi connectivity index (χ1v) is 6.00. The first kappa shape index (κ1) is 12.2. The van der Waals surface area contributed by atoms with Gasteiger partial charge in [0.05, 0.1) is 7.11 Å². The fourth-order valence-corrected chi connectivity index (χ4v) is 1.68. The molecule has 3 aromatic rings. The van der Waals surface area contributed by atoms with Gasteiger partial charge in [-0.2, -0.15) is 0 Å². The summed E-state index contributed by atoms with van der Waals surface area (Å²) in [6, 6.07) is 12.9. The SMILES string of the molecule is COc1ccc(-c2nnc(-c3ccccn3)nn2)cc1. The minimum atomic E-state index is 0.405. The highest BCUT2D eigenvalue weighted by Gasteiger charge is 2.07. The number of hydrogen-bond donors (Lipinski definition) is 0. The lowest BCUT2D eigenvalue weighted by atomic mass is 10.2. The van der Waals surface area contributed by atoms with Crippen molar-refractivity contribution in [2.45, 2.75) is 0 Å². The van der Waals surface area contributed by atoms with Crippen molar-refractivity contribution in [1.82, 2.24) is 25.4 Å². The van der Waals surface area contributed by atoms with Crippen LogP contribution in [0.15, 0.2) is 48.7 Å². The summed E-state index contributed by atoms with van der Waals surface area (Å²) in [5.74, 6) is 1.65. The molecule has 98 valence electrons. The molecule has 0 amide bonds. The van der Waals surface area contributed by atoms with Crippen molar-refractivity contribution < 1.29 is 4.74 Å². The topological polar surface area (TPSA) is 73.7 Å². The molecule has 3 rings (SSSR count). The van der Waals surface area contributed by atoms with Crippen LogP contribution in [0.25, 0.3) is 22.9 Å². The molecular weight excluding hydrogens is 254 g/mol. The van der Waals surface area contributed by atoms with Gasteiger partial charge in [0.25, 0.3) is 0 Å². The normalized spacial score (nSPS) is 10.2. The molecule has 0 saturated heterocycles. The van der Waals surface area contributed by atoms with Crippen molar-refractivity contribution in [3.8, 4) is 28.7 Å². The molecule has 2 aromatic heterocycles. The van der Waals surface area contributed by atoms with Crippen LogP contribution in [-0.2, 0) is 0 Å². The molecule has 0 aliphatic heterocycles. The Bertz CT molecular complexity index is 683. The van der Waals surface area contributed by atoms with Crippen molar-refractivity contribution >= 4 is 0 Å². The first-order valence-electron chi connectivity index (χ1n) is 6.00. The summed E-state index contributed by atoms with van der Waals surface area (Å²) in [6.07, 6.45) is 1.68. The van der Waals surface area contributed by atoms with Gasteiger partial charge in [-0.1, -0.05) is 6.07 Å². The molecule has 0 saturated carbocycles. The Hall–Kier alpha value is -2.89. The van der Waals surface area contributed by atoms with Gasteiger partial charge in [0, 0.05) is 11.8 Å². The number of ether oxygens (including phenoxy) is 1. The monoisotopic (exact) mass is 265 g/mol. The zero-order valence-corrected chi connectivity index (χ0v) is 10.8. The molecule has 0 aliphatic carbocycles. The van der Waals surface area contributed by atoms with Crippen LogP contribution in [-0.4, -0.2) is 32.5 Å². The van der Waals surface area contributed by atoms with Gasteiger partial charge < -0.3 is 4.74 Å². The van der Waals surface area contributed by atoms with Crippen molar-refractivity contribution in [1.29, 1.82) is 0 Å². The minimum absolute atomic E-state index is 0.405. The smallest absolute Gasteiger partial charge is 0.221 e. The maximum atomic E-state index is 5.10. The van der Waals surface area contributed by atoms with Crippen LogP contribution in [0.3, 0.4) is 0 Å². The Morgan fingerprint density at radius 3 is 2.10 bits per heavy atom. The quantitative estimate of drug-likeness (QED) is 0.721. The second-order valence-electron chi connectivity index (χ2n) is 3.99. The van der Waals surface area contributed by atoms with E-state index in [1.54, 1.807) is 13.3 Å². The van der Waals surface area contributed by atoms with Gasteiger partial charge >= 0.3 is 0 Å². The zero-order chi connectivity index (χ0) is 13.8. The summed E-state index contributed by atoms with van der Waals surface area (Å²) in [6.45, 7) is 0. The lowest BCUT2D eigenvalue weighted by Crippen LogP contribution is -2.00. The first-order chi connectivity index (χ1) is 9.86. The van der Waals surface area contributed by atoms with Gasteiger partial charge in [-0.15, -0.1) is 20.4 Å². The van der Waals surface area contributed by atoms with Crippen LogP contribution in [0.1, 0.15) is 0 Å². The molecule has 0 atom stereocenters. The lowest BCUT2D eigenvalue weighted by Gasteiger charge is -2.02. The molecule has 0 spiro atoms. The molecule has 0 unspecified atom stereocenters. The summed E-state index contributed by atoms with van der Waals surface area (Å²) >= 11 is 0. The third kappa shape index (κ3) is 2.44. The average molecular weight is 265 g/mol. The second kappa shape index (κ2) is 5.40. The zero-order valence-electron chi connectivity index (χ0n) is 10.8. The van der Waals surface area contributed by atoms with E-state index < -0.39 is 0 Å². The summed E-state index contributed by atoms with van der Waals surface area (Å²) in [5, 5.41) is 16.3. The molecule has 0 fully saturated rings. The molecule has 0 aliphatic rings. The van der Waals surface area contributed by atoms with Gasteiger partial charge in [-0.25, -0.2) is 0 Å². The van der Waals surface area contributed by atoms with Gasteiger partial charge in [0.2, 0.25) is 11.6 Å². The Morgan fingerprint density at radius 1 is 0.800 bits per heavy atom. The van der Waals surface area contributed by atoms with Crippen molar-refractivity contribution in [3.63, 3.8) is 0 Å². The Kier molecular flexibility index (Phi) is 3.28. The second-order valence-corrected chi connectivity index (χ2v) is 3.99. The lowest BCUT2D eigenvalue weighted by molar-refractivity contribution is 0.415. The number of nitrogens with zero attached hydrogens (tertiary/aromatic N) is 5. The third-order valence-electron chi connectivity index (χ3n) is 2.72. The highest BCUT2D eigenvalue weighted by molar-refractivity contribution is 5.56. The van der Waals surface area contributed by atoms with E-state index in [4.69, 9.17) is 4.74 Å². The number of pyridine rings is 1. The number of benzene rings is 1. The van der Waals surface area contributed by atoms with Gasteiger partial charge in [-0.3, -0.25) is 4.98 Å². The predicted molar refractivity (Wildman–Crippen MR) is 72.8 cm³/mol. The maximum Gasteiger partial charge on any atom is 0.221 e. The Labute approximate surface area is 115 Å². The number of methoxy groups -OCH3 is 1. The third-order valence-corrected chi connectivity index (χ3v) is 2.72. The Balaban J connectivity index is 1.89. The minimum Gasteiger partial charge on any atom is -0.497 e. The largest absolute Gasteiger partial charge is 0.497 e. The summed E-state index contributed by atoms with van der Waals surface area (Å²) in [4.78, 5) is 4.15. The Morgan fingerprint density at radius 2 is 1.50 bits per heavy atom. The maximum absolute atomic E-state index is 5.10. The summed E-state index contributed by atoms with van der Waals surface area (Å²) in [7, 11) is 1.62. The van der Waals surface area contributed by atoms with Crippen molar-refractivity contribution in [2.24, 2.45) is 0 Å².